The van der Waals surface area contributed by atoms with Gasteiger partial charge >= 0.3 is 0 Å². The molecular weight excluding hydrogens is 256 g/mol. The highest BCUT2D eigenvalue weighted by Crippen LogP contribution is 2.35. The van der Waals surface area contributed by atoms with Crippen LogP contribution < -0.4 is 5.32 Å². The number of hydrogen-bond acceptors (Lipinski definition) is 2. The summed E-state index contributed by atoms with van der Waals surface area (Å²) in [6.45, 7) is 12.6. The maximum atomic E-state index is 3.81. The number of benzene rings is 1. The van der Waals surface area contributed by atoms with E-state index in [1.165, 1.54) is 36.1 Å². The summed E-state index contributed by atoms with van der Waals surface area (Å²) in [6.07, 6.45) is 2.86. The van der Waals surface area contributed by atoms with Gasteiger partial charge in [-0.05, 0) is 44.1 Å². The van der Waals surface area contributed by atoms with Crippen LogP contribution in [0.2, 0.25) is 0 Å². The Kier molecular flexibility index (Phi) is 4.37. The van der Waals surface area contributed by atoms with Gasteiger partial charge in [-0.25, -0.2) is 0 Å². The molecule has 2 unspecified atom stereocenters. The molecule has 21 heavy (non-hydrogen) atoms. The molecular formula is C19H30N2. The fourth-order valence-electron chi connectivity index (χ4n) is 3.90. The fourth-order valence-corrected chi connectivity index (χ4v) is 3.90. The van der Waals surface area contributed by atoms with Crippen molar-refractivity contribution >= 4 is 0 Å². The molecule has 3 rings (SSSR count). The van der Waals surface area contributed by atoms with E-state index >= 15 is 0 Å². The van der Waals surface area contributed by atoms with Crippen molar-refractivity contribution in [1.29, 1.82) is 0 Å². The lowest BCUT2D eigenvalue weighted by Gasteiger charge is -2.42. The van der Waals surface area contributed by atoms with Crippen molar-refractivity contribution in [3.63, 3.8) is 0 Å². The van der Waals surface area contributed by atoms with Gasteiger partial charge in [0.05, 0.1) is 0 Å². The SMILES string of the molecule is Cc1cc(C)cc(CN2CC(C3CC3)NCC2C(C)C)c1. The predicted octanol–water partition coefficient (Wildman–Crippen LogP) is 3.51. The van der Waals surface area contributed by atoms with Crippen molar-refractivity contribution in [2.45, 2.75) is 59.2 Å². The molecule has 116 valence electrons. The molecule has 2 fully saturated rings. The van der Waals surface area contributed by atoms with Gasteiger partial charge in [0.25, 0.3) is 0 Å². The van der Waals surface area contributed by atoms with Gasteiger partial charge in [-0.1, -0.05) is 43.2 Å². The zero-order valence-electron chi connectivity index (χ0n) is 14.0. The number of aryl methyl sites for hydroxylation is 2. The molecule has 1 saturated heterocycles. The first-order valence-electron chi connectivity index (χ1n) is 8.57. The lowest BCUT2D eigenvalue weighted by atomic mass is 9.96. The number of piperazine rings is 1. The Hall–Kier alpha value is -0.860. The van der Waals surface area contributed by atoms with Crippen LogP contribution in [0.5, 0.6) is 0 Å². The molecule has 0 aromatic heterocycles. The highest BCUT2D eigenvalue weighted by molar-refractivity contribution is 5.28. The van der Waals surface area contributed by atoms with Crippen LogP contribution in [0.25, 0.3) is 0 Å². The Balaban J connectivity index is 1.74. The van der Waals surface area contributed by atoms with E-state index in [0.717, 1.165) is 25.0 Å². The standard InChI is InChI=1S/C19H30N2/c1-13(2)19-10-20-18(17-5-6-17)12-21(19)11-16-8-14(3)7-15(4)9-16/h7-9,13,17-20H,5-6,10-12H2,1-4H3. The molecule has 1 heterocycles. The van der Waals surface area contributed by atoms with E-state index in [2.05, 4.69) is 56.1 Å². The fraction of sp³-hybridized carbons (Fsp3) is 0.684. The largest absolute Gasteiger partial charge is 0.311 e. The van der Waals surface area contributed by atoms with Gasteiger partial charge in [-0.2, -0.15) is 0 Å². The maximum absolute atomic E-state index is 3.81. The number of nitrogens with zero attached hydrogens (tertiary/aromatic N) is 1. The molecule has 0 bridgehead atoms. The van der Waals surface area contributed by atoms with Crippen molar-refractivity contribution in [2.24, 2.45) is 11.8 Å². The summed E-state index contributed by atoms with van der Waals surface area (Å²) in [4.78, 5) is 2.73. The molecule has 1 saturated carbocycles. The highest BCUT2D eigenvalue weighted by atomic mass is 15.2. The zero-order chi connectivity index (χ0) is 15.0. The van der Waals surface area contributed by atoms with Crippen LogP contribution in [0.15, 0.2) is 18.2 Å². The van der Waals surface area contributed by atoms with Crippen molar-refractivity contribution in [3.8, 4) is 0 Å². The molecule has 2 nitrogen and oxygen atoms in total. The predicted molar refractivity (Wildman–Crippen MR) is 89.5 cm³/mol. The summed E-state index contributed by atoms with van der Waals surface area (Å²) in [5.74, 6) is 1.66. The minimum atomic E-state index is 0.667. The average Bonchev–Trinajstić information content (AvgIpc) is 3.21. The smallest absolute Gasteiger partial charge is 0.0247 e. The van der Waals surface area contributed by atoms with Crippen molar-refractivity contribution in [1.82, 2.24) is 10.2 Å². The van der Waals surface area contributed by atoms with Gasteiger partial charge < -0.3 is 5.32 Å². The molecule has 0 spiro atoms. The van der Waals surface area contributed by atoms with E-state index in [4.69, 9.17) is 0 Å². The van der Waals surface area contributed by atoms with Gasteiger partial charge in [0.1, 0.15) is 0 Å². The molecule has 0 radical (unpaired) electrons. The Bertz CT molecular complexity index is 470. The molecule has 2 aliphatic rings. The molecule has 2 atom stereocenters. The van der Waals surface area contributed by atoms with Crippen LogP contribution in [0, 0.1) is 25.7 Å². The van der Waals surface area contributed by atoms with Crippen LogP contribution in [0.3, 0.4) is 0 Å². The van der Waals surface area contributed by atoms with E-state index in [1.54, 1.807) is 0 Å². The number of rotatable bonds is 4. The summed E-state index contributed by atoms with van der Waals surface area (Å²) in [5.41, 5.74) is 4.26. The number of hydrogen-bond donors (Lipinski definition) is 1. The summed E-state index contributed by atoms with van der Waals surface area (Å²) < 4.78 is 0. The zero-order valence-corrected chi connectivity index (χ0v) is 14.0. The molecule has 1 aromatic carbocycles. The Morgan fingerprint density at radius 3 is 2.38 bits per heavy atom. The second-order valence-corrected chi connectivity index (χ2v) is 7.59. The lowest BCUT2D eigenvalue weighted by molar-refractivity contribution is 0.0852. The Morgan fingerprint density at radius 2 is 1.81 bits per heavy atom. The van der Waals surface area contributed by atoms with E-state index in [9.17, 15) is 0 Å². The van der Waals surface area contributed by atoms with E-state index < -0.39 is 0 Å². The van der Waals surface area contributed by atoms with Crippen LogP contribution in [-0.2, 0) is 6.54 Å². The van der Waals surface area contributed by atoms with Crippen molar-refractivity contribution in [2.75, 3.05) is 13.1 Å². The molecule has 0 amide bonds. The first-order valence-corrected chi connectivity index (χ1v) is 8.57. The third-order valence-corrected chi connectivity index (χ3v) is 5.12. The first kappa shape index (κ1) is 15.1. The van der Waals surface area contributed by atoms with Crippen molar-refractivity contribution in [3.05, 3.63) is 34.9 Å². The van der Waals surface area contributed by atoms with Crippen LogP contribution in [0.4, 0.5) is 0 Å². The summed E-state index contributed by atoms with van der Waals surface area (Å²) in [5, 5.41) is 3.81. The van der Waals surface area contributed by atoms with Gasteiger partial charge in [0.15, 0.2) is 0 Å². The van der Waals surface area contributed by atoms with Gasteiger partial charge in [0, 0.05) is 31.7 Å². The molecule has 1 aromatic rings. The topological polar surface area (TPSA) is 15.3 Å². The van der Waals surface area contributed by atoms with Gasteiger partial charge in [-0.3, -0.25) is 4.90 Å². The minimum Gasteiger partial charge on any atom is -0.311 e. The van der Waals surface area contributed by atoms with E-state index in [0.29, 0.717) is 12.0 Å². The van der Waals surface area contributed by atoms with E-state index in [-0.39, 0.29) is 0 Å². The van der Waals surface area contributed by atoms with Crippen LogP contribution >= 0.6 is 0 Å². The second kappa shape index (κ2) is 6.10. The lowest BCUT2D eigenvalue weighted by Crippen LogP contribution is -2.58. The quantitative estimate of drug-likeness (QED) is 0.911. The van der Waals surface area contributed by atoms with E-state index in [1.807, 2.05) is 0 Å². The summed E-state index contributed by atoms with van der Waals surface area (Å²) in [7, 11) is 0. The molecule has 1 N–H and O–H groups in total. The van der Waals surface area contributed by atoms with Crippen LogP contribution in [0.1, 0.15) is 43.4 Å². The van der Waals surface area contributed by atoms with Crippen molar-refractivity contribution < 1.29 is 0 Å². The maximum Gasteiger partial charge on any atom is 0.0247 e. The molecule has 1 aliphatic carbocycles. The molecule has 1 aliphatic heterocycles. The minimum absolute atomic E-state index is 0.667. The van der Waals surface area contributed by atoms with Gasteiger partial charge in [0.2, 0.25) is 0 Å². The second-order valence-electron chi connectivity index (χ2n) is 7.59. The normalized spacial score (nSPS) is 27.3. The Labute approximate surface area is 129 Å². The average molecular weight is 286 g/mol. The monoisotopic (exact) mass is 286 g/mol. The molecule has 2 heteroatoms. The van der Waals surface area contributed by atoms with Gasteiger partial charge in [-0.15, -0.1) is 0 Å². The summed E-state index contributed by atoms with van der Waals surface area (Å²) in [6, 6.07) is 8.39. The summed E-state index contributed by atoms with van der Waals surface area (Å²) >= 11 is 0. The third kappa shape index (κ3) is 3.67. The third-order valence-electron chi connectivity index (χ3n) is 5.12. The number of nitrogens with one attached hydrogen (secondary N) is 1. The first-order chi connectivity index (χ1) is 10.0. The van der Waals surface area contributed by atoms with Crippen LogP contribution in [-0.4, -0.2) is 30.1 Å². The highest BCUT2D eigenvalue weighted by Gasteiger charge is 2.37. The Morgan fingerprint density at radius 1 is 1.14 bits per heavy atom.